The molecule has 6 atom stereocenters. The molecule has 18 heteroatoms. The van der Waals surface area contributed by atoms with Crippen molar-refractivity contribution in [1.29, 1.82) is 0 Å². The Labute approximate surface area is 416 Å². The fourth-order valence-electron chi connectivity index (χ4n) is 10.3. The summed E-state index contributed by atoms with van der Waals surface area (Å²) in [6.07, 6.45) is 13.3. The van der Waals surface area contributed by atoms with E-state index in [4.69, 9.17) is 37.4 Å². The minimum Gasteiger partial charge on any atom is -0.444 e. The van der Waals surface area contributed by atoms with E-state index >= 15 is 0 Å². The van der Waals surface area contributed by atoms with E-state index in [0.29, 0.717) is 12.0 Å². The van der Waals surface area contributed by atoms with Crippen LogP contribution in [-0.4, -0.2) is 122 Å². The monoisotopic (exact) mass is 1010 g/mol. The third-order valence-electron chi connectivity index (χ3n) is 15.9. The predicted octanol–water partition coefficient (Wildman–Crippen LogP) is 9.98. The largest absolute Gasteiger partial charge is 0.496 e. The Kier molecular flexibility index (Phi) is 14.4. The zero-order valence-electron chi connectivity index (χ0n) is 44.2. The Hall–Kier alpha value is -2.73. The van der Waals surface area contributed by atoms with Crippen molar-refractivity contribution in [2.24, 2.45) is 0 Å². The molecule has 6 unspecified atom stereocenters. The summed E-state index contributed by atoms with van der Waals surface area (Å²) in [6.45, 7) is 35.9. The zero-order valence-corrected chi connectivity index (χ0v) is 45.7. The van der Waals surface area contributed by atoms with Crippen LogP contribution in [-0.2, 0) is 37.4 Å². The zero-order chi connectivity index (χ0) is 50.4. The van der Waals surface area contributed by atoms with Crippen LogP contribution in [0, 0.1) is 0 Å². The number of nitrogens with zero attached hydrogens (tertiary/aromatic N) is 4. The number of halogens is 1. The molecule has 374 valence electrons. The maximum Gasteiger partial charge on any atom is 0.496 e. The van der Waals surface area contributed by atoms with Gasteiger partial charge in [0.05, 0.1) is 33.6 Å². The number of amides is 2. The van der Waals surface area contributed by atoms with Crippen molar-refractivity contribution >= 4 is 54.7 Å². The van der Waals surface area contributed by atoms with E-state index in [1.165, 1.54) is 5.56 Å². The Morgan fingerprint density at radius 3 is 1.28 bits per heavy atom. The van der Waals surface area contributed by atoms with Crippen LogP contribution in [0.1, 0.15) is 186 Å². The molecule has 0 spiro atoms. The average Bonchev–Trinajstić information content (AvgIpc) is 4.05. The Morgan fingerprint density at radius 2 is 0.912 bits per heavy atom. The molecule has 0 aliphatic carbocycles. The van der Waals surface area contributed by atoms with Crippen LogP contribution >= 0.6 is 15.9 Å². The number of carbonyl (C=O) groups is 2. The molecule has 0 N–H and O–H groups in total. The second-order valence-electron chi connectivity index (χ2n) is 24.9. The smallest absolute Gasteiger partial charge is 0.444 e. The van der Waals surface area contributed by atoms with Gasteiger partial charge in [0.1, 0.15) is 11.2 Å². The van der Waals surface area contributed by atoms with E-state index in [9.17, 15) is 9.59 Å². The van der Waals surface area contributed by atoms with Gasteiger partial charge in [0, 0.05) is 70.7 Å². The van der Waals surface area contributed by atoms with Crippen molar-refractivity contribution in [3.05, 3.63) is 52.5 Å². The van der Waals surface area contributed by atoms with E-state index < -0.39 is 32.3 Å². The summed E-state index contributed by atoms with van der Waals surface area (Å²) in [5.41, 5.74) is 0.182. The highest BCUT2D eigenvalue weighted by Crippen LogP contribution is 2.49. The highest BCUT2D eigenvalue weighted by Gasteiger charge is 2.64. The molecule has 7 aliphatic heterocycles. The van der Waals surface area contributed by atoms with Crippen LogP contribution in [0.15, 0.2) is 41.4 Å². The number of aromatic nitrogens is 2. The van der Waals surface area contributed by atoms with Crippen molar-refractivity contribution < 1.29 is 47.0 Å². The van der Waals surface area contributed by atoms with E-state index in [1.807, 2.05) is 125 Å². The van der Waals surface area contributed by atoms with Gasteiger partial charge in [-0.05, 0) is 196 Å². The summed E-state index contributed by atoms with van der Waals surface area (Å²) in [7, 11) is -1.37. The lowest BCUT2D eigenvalue weighted by atomic mass is 9.49. The third kappa shape index (κ3) is 10.9. The van der Waals surface area contributed by atoms with Crippen molar-refractivity contribution in [2.75, 3.05) is 0 Å². The Bertz CT molecular complexity index is 2100. The van der Waals surface area contributed by atoms with Gasteiger partial charge in [-0.25, -0.2) is 9.59 Å². The summed E-state index contributed by atoms with van der Waals surface area (Å²) >= 11 is 3.48. The third-order valence-corrected chi connectivity index (χ3v) is 16.4. The first-order valence-corrected chi connectivity index (χ1v) is 25.5. The standard InChI is InChI=1S/C22H33BN2O4.C16H21BrN2O2.C12H24B2O4/c1-20(2,3)27-19(26)25-16-8-9-18(25)17(11-16)14-10-15(13-24-12-14)23-28-21(4,5)22(6,7)29-23;1-16(2,3)21-15(20)19-12-4-5-14(19)13(7-12)10-6-11(17)9-18-8-10;1-9(2)10(3,4)16-13(15-9)14-17-11(5,6)12(7,8)18-14/h10,12-13,16-18H,8-9,11H2,1-7H3;6,8-9,12-14H,4-5,7H2,1-3H3;1-8H3. The van der Waals surface area contributed by atoms with Gasteiger partial charge in [-0.1, -0.05) is 6.07 Å². The summed E-state index contributed by atoms with van der Waals surface area (Å²) < 4.78 is 48.5. The Balaban J connectivity index is 0.000000156. The lowest BCUT2D eigenvalue weighted by Crippen LogP contribution is -2.41. The number of rotatable bonds is 4. The van der Waals surface area contributed by atoms with Crippen LogP contribution < -0.4 is 5.46 Å². The minimum absolute atomic E-state index is 0.166. The number of hydrogen-bond donors (Lipinski definition) is 0. The Morgan fingerprint density at radius 1 is 0.559 bits per heavy atom. The van der Waals surface area contributed by atoms with Gasteiger partial charge in [-0.15, -0.1) is 0 Å². The predicted molar refractivity (Wildman–Crippen MR) is 269 cm³/mol. The van der Waals surface area contributed by atoms with Crippen molar-refractivity contribution in [1.82, 2.24) is 19.8 Å². The molecule has 7 saturated heterocycles. The van der Waals surface area contributed by atoms with E-state index in [1.54, 1.807) is 6.20 Å². The van der Waals surface area contributed by atoms with Gasteiger partial charge in [-0.3, -0.25) is 9.97 Å². The SMILES string of the molecule is CC(C)(C)OC(=O)N1C2CCC1C(c1cncc(B3OC(C)(C)C(C)(C)O3)c1)C2.CC(C)(C)OC(=O)N1C2CCC1C(c1cncc(Br)c1)C2.CC1(C)OB(B2OC(C)(C)C(C)(C)O2)OC1(C)C. The molecule has 9 heterocycles. The molecule has 0 saturated carbocycles. The first-order valence-electron chi connectivity index (χ1n) is 24.8. The lowest BCUT2D eigenvalue weighted by Gasteiger charge is -2.32. The summed E-state index contributed by atoms with van der Waals surface area (Å²) in [5, 5.41) is 0. The summed E-state index contributed by atoms with van der Waals surface area (Å²) in [6, 6.07) is 5.25. The molecule has 0 aromatic carbocycles. The van der Waals surface area contributed by atoms with Crippen molar-refractivity contribution in [2.45, 2.75) is 244 Å². The fourth-order valence-corrected chi connectivity index (χ4v) is 10.7. The molecule has 68 heavy (non-hydrogen) atoms. The molecule has 2 aromatic heterocycles. The van der Waals surface area contributed by atoms with E-state index in [2.05, 4.69) is 65.7 Å². The van der Waals surface area contributed by atoms with Gasteiger partial charge in [0.25, 0.3) is 0 Å². The number of ether oxygens (including phenoxy) is 2. The van der Waals surface area contributed by atoms with Crippen LogP contribution in [0.25, 0.3) is 0 Å². The van der Waals surface area contributed by atoms with E-state index in [0.717, 1.165) is 54.0 Å². The molecule has 2 aromatic rings. The molecule has 7 aliphatic rings. The fraction of sp³-hybridized carbons (Fsp3) is 0.760. The maximum atomic E-state index is 12.8. The number of hydrogen-bond acceptors (Lipinski definition) is 12. The van der Waals surface area contributed by atoms with Crippen LogP contribution in [0.4, 0.5) is 9.59 Å². The summed E-state index contributed by atoms with van der Waals surface area (Å²) in [5.74, 6) is 0.650. The van der Waals surface area contributed by atoms with Gasteiger partial charge in [-0.2, -0.15) is 0 Å². The lowest BCUT2D eigenvalue weighted by molar-refractivity contribution is 0.00578. The molecular weight excluding hydrogens is 929 g/mol. The first-order chi connectivity index (χ1) is 31.1. The molecular formula is C50H78B3BrN4O10. The van der Waals surface area contributed by atoms with Crippen LogP contribution in [0.3, 0.4) is 0 Å². The van der Waals surface area contributed by atoms with Gasteiger partial charge < -0.3 is 47.2 Å². The molecule has 2 amide bonds. The van der Waals surface area contributed by atoms with E-state index in [-0.39, 0.29) is 69.8 Å². The van der Waals surface area contributed by atoms with Gasteiger partial charge in [0.2, 0.25) is 0 Å². The molecule has 0 radical (unpaired) electrons. The second-order valence-corrected chi connectivity index (χ2v) is 25.8. The molecule has 7 fully saturated rings. The minimum atomic E-state index is -0.479. The van der Waals surface area contributed by atoms with Gasteiger partial charge in [0.15, 0.2) is 0 Å². The topological polar surface area (TPSA) is 140 Å². The summed E-state index contributed by atoms with van der Waals surface area (Å²) in [4.78, 5) is 37.9. The normalized spacial score (nSPS) is 30.0. The van der Waals surface area contributed by atoms with Crippen molar-refractivity contribution in [3.8, 4) is 0 Å². The number of carbonyl (C=O) groups excluding carboxylic acids is 2. The highest BCUT2D eigenvalue weighted by atomic mass is 79.9. The van der Waals surface area contributed by atoms with Crippen LogP contribution in [0.2, 0.25) is 0 Å². The first kappa shape index (κ1) is 53.1. The highest BCUT2D eigenvalue weighted by molar-refractivity contribution is 9.10. The average molecular weight is 1010 g/mol. The van der Waals surface area contributed by atoms with Crippen LogP contribution in [0.5, 0.6) is 0 Å². The number of fused-ring (bicyclic) bond motifs is 4. The molecule has 4 bridgehead atoms. The molecule has 14 nitrogen and oxygen atoms in total. The molecule has 9 rings (SSSR count). The second kappa shape index (κ2) is 18.4. The quantitative estimate of drug-likeness (QED) is 0.269. The number of pyridine rings is 2. The van der Waals surface area contributed by atoms with Gasteiger partial charge >= 0.3 is 33.3 Å². The van der Waals surface area contributed by atoms with Crippen molar-refractivity contribution in [3.63, 3.8) is 0 Å². The maximum absolute atomic E-state index is 12.8.